The van der Waals surface area contributed by atoms with Crippen LogP contribution in [0.25, 0.3) is 0 Å². The van der Waals surface area contributed by atoms with Gasteiger partial charge in [0.05, 0.1) is 6.61 Å². The fourth-order valence-corrected chi connectivity index (χ4v) is 1.65. The third-order valence-electron chi connectivity index (χ3n) is 2.68. The zero-order valence-electron chi connectivity index (χ0n) is 10.4. The average molecular weight is 284 g/mol. The molecule has 1 aromatic heterocycles. The summed E-state index contributed by atoms with van der Waals surface area (Å²) in [5.41, 5.74) is -0.150. The molecule has 0 saturated heterocycles. The highest BCUT2D eigenvalue weighted by atomic mass is 19.4. The van der Waals surface area contributed by atoms with E-state index in [1.54, 1.807) is 24.4 Å². The molecule has 0 atom stereocenters. The molecule has 0 fully saturated rings. The summed E-state index contributed by atoms with van der Waals surface area (Å²) in [4.78, 5) is 4.04. The minimum atomic E-state index is -5.16. The summed E-state index contributed by atoms with van der Waals surface area (Å²) < 4.78 is 56.1. The number of aromatic nitrogens is 1. The van der Waals surface area contributed by atoms with Crippen LogP contribution in [0.3, 0.4) is 0 Å². The molecule has 2 nitrogen and oxygen atoms in total. The summed E-state index contributed by atoms with van der Waals surface area (Å²) in [5.74, 6) is -1.20. The minimum Gasteiger partial charge on any atom is -0.490 e. The fraction of sp³-hybridized carbons (Fsp3) is 0.154. The van der Waals surface area contributed by atoms with Crippen LogP contribution in [-0.2, 0) is 6.42 Å². The van der Waals surface area contributed by atoms with Gasteiger partial charge in [-0.25, -0.2) is 4.39 Å². The van der Waals surface area contributed by atoms with E-state index in [0.717, 1.165) is 11.8 Å². The number of rotatable bonds is 5. The standard InChI is InChI=1S/C13H11BF4NO/c15-12-5-4-10(14(16,17)18)9-13(12)20-8-6-11-3-1-2-7-19-11/h1-5,7,9H,6,8H2/q-1. The molecule has 0 N–H and O–H groups in total. The summed E-state index contributed by atoms with van der Waals surface area (Å²) >= 11 is 0. The van der Waals surface area contributed by atoms with E-state index in [9.17, 15) is 17.3 Å². The normalized spacial score (nSPS) is 11.4. The molecule has 0 bridgehead atoms. The lowest BCUT2D eigenvalue weighted by Crippen LogP contribution is -2.34. The molecule has 106 valence electrons. The molecule has 20 heavy (non-hydrogen) atoms. The highest BCUT2D eigenvalue weighted by molar-refractivity contribution is 6.73. The number of pyridine rings is 1. The van der Waals surface area contributed by atoms with Crippen molar-refractivity contribution in [3.05, 3.63) is 54.1 Å². The van der Waals surface area contributed by atoms with Crippen molar-refractivity contribution in [2.24, 2.45) is 0 Å². The Morgan fingerprint density at radius 1 is 1.10 bits per heavy atom. The van der Waals surface area contributed by atoms with E-state index < -0.39 is 24.0 Å². The number of halogens is 4. The van der Waals surface area contributed by atoms with Crippen LogP contribution in [0, 0.1) is 5.82 Å². The number of benzene rings is 1. The fourth-order valence-electron chi connectivity index (χ4n) is 1.65. The molecular weight excluding hydrogens is 273 g/mol. The lowest BCUT2D eigenvalue weighted by Gasteiger charge is -2.16. The van der Waals surface area contributed by atoms with Gasteiger partial charge in [-0.1, -0.05) is 12.1 Å². The van der Waals surface area contributed by atoms with E-state index >= 15 is 0 Å². The lowest BCUT2D eigenvalue weighted by atomic mass is 9.80. The Morgan fingerprint density at radius 2 is 1.90 bits per heavy atom. The van der Waals surface area contributed by atoms with Crippen LogP contribution in [0.15, 0.2) is 42.6 Å². The maximum absolute atomic E-state index is 13.4. The molecule has 0 amide bonds. The van der Waals surface area contributed by atoms with Gasteiger partial charge in [0.25, 0.3) is 0 Å². The third-order valence-corrected chi connectivity index (χ3v) is 2.68. The average Bonchev–Trinajstić information content (AvgIpc) is 2.41. The van der Waals surface area contributed by atoms with Crippen LogP contribution in [-0.4, -0.2) is 18.6 Å². The molecule has 0 aliphatic carbocycles. The Morgan fingerprint density at radius 3 is 2.55 bits per heavy atom. The van der Waals surface area contributed by atoms with Crippen molar-refractivity contribution in [1.29, 1.82) is 0 Å². The summed E-state index contributed by atoms with van der Waals surface area (Å²) in [6, 6.07) is 7.46. The molecular formula is C13H11BF4NO-. The molecule has 0 aliphatic heterocycles. The van der Waals surface area contributed by atoms with Crippen LogP contribution >= 0.6 is 0 Å². The van der Waals surface area contributed by atoms with Gasteiger partial charge < -0.3 is 17.7 Å². The van der Waals surface area contributed by atoms with E-state index in [-0.39, 0.29) is 6.61 Å². The number of nitrogens with zero attached hydrogens (tertiary/aromatic N) is 1. The van der Waals surface area contributed by atoms with Gasteiger partial charge in [0.15, 0.2) is 11.6 Å². The van der Waals surface area contributed by atoms with Crippen molar-refractivity contribution in [3.8, 4) is 5.75 Å². The SMILES string of the molecule is Fc1ccc([B-](F)(F)F)cc1OCCc1ccccn1. The van der Waals surface area contributed by atoms with Crippen molar-refractivity contribution in [3.63, 3.8) is 0 Å². The summed E-state index contributed by atoms with van der Waals surface area (Å²) in [7, 11) is 0. The Bertz CT molecular complexity index is 574. The van der Waals surface area contributed by atoms with Crippen LogP contribution in [0.5, 0.6) is 5.75 Å². The zero-order valence-corrected chi connectivity index (χ0v) is 10.4. The third kappa shape index (κ3) is 3.72. The molecule has 0 radical (unpaired) electrons. The first kappa shape index (κ1) is 14.4. The largest absolute Gasteiger partial charge is 0.509 e. The Hall–Kier alpha value is -2.05. The Balaban J connectivity index is 2.02. The van der Waals surface area contributed by atoms with Crippen molar-refractivity contribution < 1.29 is 22.1 Å². The molecule has 1 aromatic carbocycles. The van der Waals surface area contributed by atoms with Crippen molar-refractivity contribution in [1.82, 2.24) is 4.98 Å². The first-order chi connectivity index (χ1) is 9.47. The van der Waals surface area contributed by atoms with Gasteiger partial charge in [0.2, 0.25) is 0 Å². The smallest absolute Gasteiger partial charge is 0.490 e. The van der Waals surface area contributed by atoms with Gasteiger partial charge in [0, 0.05) is 18.3 Å². The van der Waals surface area contributed by atoms with E-state index in [2.05, 4.69) is 4.98 Å². The van der Waals surface area contributed by atoms with Crippen LogP contribution in [0.4, 0.5) is 17.3 Å². The highest BCUT2D eigenvalue weighted by Gasteiger charge is 2.26. The maximum atomic E-state index is 13.4. The second-order valence-electron chi connectivity index (χ2n) is 4.18. The van der Waals surface area contributed by atoms with E-state index in [4.69, 9.17) is 4.74 Å². The van der Waals surface area contributed by atoms with Gasteiger partial charge >= 0.3 is 6.98 Å². The predicted octanol–water partition coefficient (Wildman–Crippen LogP) is 2.90. The molecule has 2 aromatic rings. The van der Waals surface area contributed by atoms with E-state index in [0.29, 0.717) is 18.6 Å². The van der Waals surface area contributed by atoms with Gasteiger partial charge in [-0.3, -0.25) is 4.98 Å². The van der Waals surface area contributed by atoms with Gasteiger partial charge in [-0.15, -0.1) is 5.46 Å². The molecule has 0 unspecified atom stereocenters. The van der Waals surface area contributed by atoms with Gasteiger partial charge in [-0.05, 0) is 24.3 Å². The number of ether oxygens (including phenoxy) is 1. The highest BCUT2D eigenvalue weighted by Crippen LogP contribution is 2.18. The summed E-state index contributed by atoms with van der Waals surface area (Å²) in [6.07, 6.45) is 1.99. The van der Waals surface area contributed by atoms with Crippen LogP contribution in [0.2, 0.25) is 0 Å². The van der Waals surface area contributed by atoms with Crippen LogP contribution < -0.4 is 10.2 Å². The monoisotopic (exact) mass is 284 g/mol. The molecule has 0 saturated carbocycles. The molecule has 7 heteroatoms. The van der Waals surface area contributed by atoms with Crippen LogP contribution in [0.1, 0.15) is 5.69 Å². The number of hydrogen-bond acceptors (Lipinski definition) is 2. The lowest BCUT2D eigenvalue weighted by molar-refractivity contribution is 0.304. The quantitative estimate of drug-likeness (QED) is 0.622. The summed E-state index contributed by atoms with van der Waals surface area (Å²) in [6.45, 7) is -5.11. The Labute approximate surface area is 113 Å². The van der Waals surface area contributed by atoms with E-state index in [1.807, 2.05) is 0 Å². The first-order valence-electron chi connectivity index (χ1n) is 5.99. The van der Waals surface area contributed by atoms with Gasteiger partial charge in [-0.2, -0.15) is 0 Å². The Kier molecular flexibility index (Phi) is 4.27. The van der Waals surface area contributed by atoms with Crippen molar-refractivity contribution >= 4 is 12.4 Å². The van der Waals surface area contributed by atoms with Gasteiger partial charge in [0.1, 0.15) is 0 Å². The van der Waals surface area contributed by atoms with Crippen molar-refractivity contribution in [2.75, 3.05) is 6.61 Å². The molecule has 0 spiro atoms. The second kappa shape index (κ2) is 5.94. The maximum Gasteiger partial charge on any atom is 0.509 e. The minimum absolute atomic E-state index is 0.0578. The molecule has 1 heterocycles. The topological polar surface area (TPSA) is 22.1 Å². The summed E-state index contributed by atoms with van der Waals surface area (Å²) in [5, 5.41) is 0. The number of hydrogen-bond donors (Lipinski definition) is 0. The predicted molar refractivity (Wildman–Crippen MR) is 68.5 cm³/mol. The first-order valence-corrected chi connectivity index (χ1v) is 5.99. The zero-order chi connectivity index (χ0) is 14.6. The molecule has 0 aliphatic rings. The van der Waals surface area contributed by atoms with Crippen molar-refractivity contribution in [2.45, 2.75) is 6.42 Å². The van der Waals surface area contributed by atoms with E-state index in [1.165, 1.54) is 0 Å². The molecule has 2 rings (SSSR count). The second-order valence-corrected chi connectivity index (χ2v) is 4.18.